The van der Waals surface area contributed by atoms with Gasteiger partial charge in [-0.15, -0.1) is 13.2 Å². The van der Waals surface area contributed by atoms with Gasteiger partial charge in [-0.1, -0.05) is 0 Å². The van der Waals surface area contributed by atoms with Crippen molar-refractivity contribution in [3.8, 4) is 5.75 Å². The van der Waals surface area contributed by atoms with Gasteiger partial charge in [0, 0.05) is 45.0 Å². The number of rotatable bonds is 4. The zero-order valence-electron chi connectivity index (χ0n) is 15.8. The molecular weight excluding hydrogens is 393 g/mol. The number of carbonyl (C=O) groups excluding carboxylic acids is 2. The van der Waals surface area contributed by atoms with Crippen molar-refractivity contribution in [2.24, 2.45) is 0 Å². The second-order valence-corrected chi connectivity index (χ2v) is 6.77. The maximum Gasteiger partial charge on any atom is 0.573 e. The maximum absolute atomic E-state index is 12.5. The van der Waals surface area contributed by atoms with Crippen molar-refractivity contribution in [3.63, 3.8) is 0 Å². The highest BCUT2D eigenvalue weighted by Gasteiger charge is 2.31. The highest BCUT2D eigenvalue weighted by Crippen LogP contribution is 2.24. The molecule has 2 aliphatic heterocycles. The Labute approximate surface area is 166 Å². The Morgan fingerprint density at radius 3 is 2.14 bits per heavy atom. The molecule has 0 unspecified atom stereocenters. The molecule has 0 atom stereocenters. The number of ether oxygens (including phenoxy) is 2. The van der Waals surface area contributed by atoms with Gasteiger partial charge in [0.1, 0.15) is 5.75 Å². The summed E-state index contributed by atoms with van der Waals surface area (Å²) in [5, 5.41) is 2.64. The number of urea groups is 1. The fraction of sp³-hybridized carbons (Fsp3) is 0.556. The van der Waals surface area contributed by atoms with Gasteiger partial charge in [-0.2, -0.15) is 0 Å². The van der Waals surface area contributed by atoms with Gasteiger partial charge >= 0.3 is 12.4 Å². The van der Waals surface area contributed by atoms with E-state index >= 15 is 0 Å². The lowest BCUT2D eigenvalue weighted by atomic mass is 10.3. The molecule has 0 spiro atoms. The lowest BCUT2D eigenvalue weighted by Crippen LogP contribution is -2.55. The van der Waals surface area contributed by atoms with E-state index in [4.69, 9.17) is 4.74 Å². The van der Waals surface area contributed by atoms with Crippen LogP contribution < -0.4 is 10.1 Å². The highest BCUT2D eigenvalue weighted by molar-refractivity contribution is 5.92. The fourth-order valence-electron chi connectivity index (χ4n) is 3.20. The number of piperazine rings is 1. The molecule has 11 heteroatoms. The third kappa shape index (κ3) is 6.50. The molecule has 160 valence electrons. The predicted octanol–water partition coefficient (Wildman–Crippen LogP) is 1.59. The van der Waals surface area contributed by atoms with E-state index in [0.717, 1.165) is 12.1 Å². The molecule has 1 N–H and O–H groups in total. The summed E-state index contributed by atoms with van der Waals surface area (Å²) in [7, 11) is 0. The average molecular weight is 416 g/mol. The largest absolute Gasteiger partial charge is 0.573 e. The van der Waals surface area contributed by atoms with Crippen LogP contribution in [0.2, 0.25) is 0 Å². The lowest BCUT2D eigenvalue weighted by Gasteiger charge is -2.38. The standard InChI is InChI=1S/C18H23F3N4O4/c19-18(20,21)29-15-3-1-14(2-4-15)22-16(26)13-23-5-7-24(8-6-23)17(27)25-9-11-28-12-10-25/h1-4H,5-13H2,(H,22,26). The molecular formula is C18H23F3N4O4. The van der Waals surface area contributed by atoms with Crippen LogP contribution in [0.1, 0.15) is 0 Å². The van der Waals surface area contributed by atoms with Crippen LogP contribution in [-0.2, 0) is 9.53 Å². The lowest BCUT2D eigenvalue weighted by molar-refractivity contribution is -0.274. The zero-order chi connectivity index (χ0) is 20.9. The normalized spacial score (nSPS) is 18.4. The summed E-state index contributed by atoms with van der Waals surface area (Å²) >= 11 is 0. The van der Waals surface area contributed by atoms with Crippen molar-refractivity contribution in [3.05, 3.63) is 24.3 Å². The first-order valence-electron chi connectivity index (χ1n) is 9.30. The number of morpholine rings is 1. The van der Waals surface area contributed by atoms with E-state index in [2.05, 4.69) is 10.1 Å². The van der Waals surface area contributed by atoms with Crippen molar-refractivity contribution in [2.45, 2.75) is 6.36 Å². The molecule has 0 saturated carbocycles. The monoisotopic (exact) mass is 416 g/mol. The van der Waals surface area contributed by atoms with Crippen LogP contribution in [0.25, 0.3) is 0 Å². The van der Waals surface area contributed by atoms with Crippen molar-refractivity contribution < 1.29 is 32.2 Å². The van der Waals surface area contributed by atoms with Gasteiger partial charge in [-0.05, 0) is 24.3 Å². The minimum absolute atomic E-state index is 0.00133. The summed E-state index contributed by atoms with van der Waals surface area (Å²) in [6, 6.07) is 4.97. The second kappa shape index (κ2) is 9.31. The molecule has 0 aliphatic carbocycles. The number of anilines is 1. The van der Waals surface area contributed by atoms with Crippen LogP contribution in [0.3, 0.4) is 0 Å². The molecule has 1 aromatic rings. The van der Waals surface area contributed by atoms with E-state index in [9.17, 15) is 22.8 Å². The van der Waals surface area contributed by atoms with Gasteiger partial charge in [-0.3, -0.25) is 9.69 Å². The Bertz CT molecular complexity index is 700. The summed E-state index contributed by atoms with van der Waals surface area (Å²) in [4.78, 5) is 30.1. The maximum atomic E-state index is 12.5. The van der Waals surface area contributed by atoms with Crippen molar-refractivity contribution in [2.75, 3.05) is 64.3 Å². The molecule has 1 aromatic carbocycles. The van der Waals surface area contributed by atoms with Crippen LogP contribution >= 0.6 is 0 Å². The minimum atomic E-state index is -4.75. The number of nitrogens with zero attached hydrogens (tertiary/aromatic N) is 3. The molecule has 2 fully saturated rings. The van der Waals surface area contributed by atoms with E-state index in [0.29, 0.717) is 58.2 Å². The second-order valence-electron chi connectivity index (χ2n) is 6.77. The molecule has 2 aliphatic rings. The number of amides is 3. The summed E-state index contributed by atoms with van der Waals surface area (Å²) in [6.07, 6.45) is -4.75. The molecule has 3 rings (SSSR count). The smallest absolute Gasteiger partial charge is 0.406 e. The molecule has 2 saturated heterocycles. The van der Waals surface area contributed by atoms with Gasteiger partial charge in [0.05, 0.1) is 19.8 Å². The number of halogens is 3. The number of hydrogen-bond donors (Lipinski definition) is 1. The third-order valence-electron chi connectivity index (χ3n) is 4.66. The summed E-state index contributed by atoms with van der Waals surface area (Å²) < 4.78 is 45.5. The first-order chi connectivity index (χ1) is 13.8. The molecule has 0 radical (unpaired) electrons. The van der Waals surface area contributed by atoms with E-state index in [1.807, 2.05) is 4.90 Å². The molecule has 29 heavy (non-hydrogen) atoms. The average Bonchev–Trinajstić information content (AvgIpc) is 2.69. The Hall–Kier alpha value is -2.53. The Morgan fingerprint density at radius 2 is 1.55 bits per heavy atom. The zero-order valence-corrected chi connectivity index (χ0v) is 15.8. The molecule has 0 aromatic heterocycles. The highest BCUT2D eigenvalue weighted by atomic mass is 19.4. The van der Waals surface area contributed by atoms with Gasteiger partial charge in [0.2, 0.25) is 5.91 Å². The summed E-state index contributed by atoms with van der Waals surface area (Å²) in [5.41, 5.74) is 0.380. The summed E-state index contributed by atoms with van der Waals surface area (Å²) in [6.45, 7) is 4.64. The van der Waals surface area contributed by atoms with Gasteiger partial charge in [-0.25, -0.2) is 4.79 Å². The Morgan fingerprint density at radius 1 is 0.966 bits per heavy atom. The van der Waals surface area contributed by atoms with Gasteiger partial charge in [0.15, 0.2) is 0 Å². The van der Waals surface area contributed by atoms with E-state index in [-0.39, 0.29) is 24.2 Å². The van der Waals surface area contributed by atoms with Crippen LogP contribution in [0.4, 0.5) is 23.7 Å². The number of hydrogen-bond acceptors (Lipinski definition) is 5. The first kappa shape index (κ1) is 21.2. The molecule has 3 amide bonds. The van der Waals surface area contributed by atoms with Crippen LogP contribution in [0.5, 0.6) is 5.75 Å². The summed E-state index contributed by atoms with van der Waals surface area (Å²) in [5.74, 6) is -0.626. The fourth-order valence-corrected chi connectivity index (χ4v) is 3.20. The Kier molecular flexibility index (Phi) is 6.80. The number of nitrogens with one attached hydrogen (secondary N) is 1. The van der Waals surface area contributed by atoms with Gasteiger partial charge < -0.3 is 24.6 Å². The van der Waals surface area contributed by atoms with Crippen molar-refractivity contribution >= 4 is 17.6 Å². The first-order valence-corrected chi connectivity index (χ1v) is 9.30. The van der Waals surface area contributed by atoms with Crippen LogP contribution in [0.15, 0.2) is 24.3 Å². The van der Waals surface area contributed by atoms with E-state index in [1.54, 1.807) is 9.80 Å². The van der Waals surface area contributed by atoms with E-state index in [1.165, 1.54) is 12.1 Å². The molecule has 2 heterocycles. The topological polar surface area (TPSA) is 74.4 Å². The predicted molar refractivity (Wildman–Crippen MR) is 97.6 cm³/mol. The van der Waals surface area contributed by atoms with Crippen molar-refractivity contribution in [1.82, 2.24) is 14.7 Å². The van der Waals surface area contributed by atoms with E-state index < -0.39 is 6.36 Å². The van der Waals surface area contributed by atoms with Crippen molar-refractivity contribution in [1.29, 1.82) is 0 Å². The number of benzene rings is 1. The van der Waals surface area contributed by atoms with Gasteiger partial charge in [0.25, 0.3) is 0 Å². The quantitative estimate of drug-likeness (QED) is 0.807. The van der Waals surface area contributed by atoms with Crippen LogP contribution in [-0.4, -0.2) is 92.0 Å². The molecule has 8 nitrogen and oxygen atoms in total. The van der Waals surface area contributed by atoms with Crippen LogP contribution in [0, 0.1) is 0 Å². The number of carbonyl (C=O) groups is 2. The SMILES string of the molecule is O=C(CN1CCN(C(=O)N2CCOCC2)CC1)Nc1ccc(OC(F)(F)F)cc1. The number of alkyl halides is 3. The Balaban J connectivity index is 1.41. The molecule has 0 bridgehead atoms. The minimum Gasteiger partial charge on any atom is -0.406 e. The third-order valence-corrected chi connectivity index (χ3v) is 4.66.